The van der Waals surface area contributed by atoms with Crippen LogP contribution in [0.1, 0.15) is 17.3 Å². The normalized spacial score (nSPS) is 25.2. The number of aliphatic hydroxyl groups excluding tert-OH is 4. The summed E-state index contributed by atoms with van der Waals surface area (Å²) in [6, 6.07) is 10.1. The lowest BCUT2D eigenvalue weighted by molar-refractivity contribution is -0.277. The van der Waals surface area contributed by atoms with E-state index in [2.05, 4.69) is 0 Å². The Balaban J connectivity index is 1.83. The van der Waals surface area contributed by atoms with Gasteiger partial charge in [0.05, 0.1) is 31.1 Å². The number of aromatic nitrogens is 1. The van der Waals surface area contributed by atoms with Gasteiger partial charge in [-0.3, -0.25) is 4.79 Å². The number of benzene rings is 2. The highest BCUT2D eigenvalue weighted by atomic mass is 35.5. The van der Waals surface area contributed by atoms with E-state index >= 15 is 0 Å². The smallest absolute Gasteiger partial charge is 0.229 e. The zero-order valence-corrected chi connectivity index (χ0v) is 18.6. The summed E-state index contributed by atoms with van der Waals surface area (Å²) in [7, 11) is 1.52. The molecule has 9 nitrogen and oxygen atoms in total. The molecule has 1 aliphatic heterocycles. The summed E-state index contributed by atoms with van der Waals surface area (Å²) in [4.78, 5) is 12.3. The minimum Gasteiger partial charge on any atom is -0.497 e. The Labute approximate surface area is 194 Å². The quantitative estimate of drug-likeness (QED) is 0.394. The van der Waals surface area contributed by atoms with E-state index in [1.54, 1.807) is 47.2 Å². The maximum Gasteiger partial charge on any atom is 0.229 e. The second-order valence-electron chi connectivity index (χ2n) is 7.78. The Morgan fingerprint density at radius 1 is 1.12 bits per heavy atom. The minimum absolute atomic E-state index is 0.159. The summed E-state index contributed by atoms with van der Waals surface area (Å²) in [6.45, 7) is 0.878. The molecular formula is C23H24ClNO8. The third-order valence-corrected chi connectivity index (χ3v) is 5.90. The van der Waals surface area contributed by atoms with Gasteiger partial charge in [-0.2, -0.15) is 0 Å². The molecule has 0 amide bonds. The van der Waals surface area contributed by atoms with Crippen LogP contribution in [0.25, 0.3) is 16.6 Å². The Morgan fingerprint density at radius 3 is 2.55 bits per heavy atom. The first-order valence-electron chi connectivity index (χ1n) is 10.2. The molecule has 3 aromatic rings. The maximum atomic E-state index is 12.3. The standard InChI is InChI=1S/C23H24ClNO8/c1-11(27)14-6-4-13(31-2)8-17(14)25-9-18(15-5-3-12(24)7-16(15)25)32-23-22(30)21(29)20(28)19(10-26)33-23/h3-9,19-23,26,28-30H,10H2,1-2H3/t19-,20+,21+,22-,23+/m1/s1. The number of Topliss-reactive ketones (excluding diaryl/α,β-unsaturated/α-hetero) is 1. The van der Waals surface area contributed by atoms with Crippen molar-refractivity contribution in [2.75, 3.05) is 13.7 Å². The highest BCUT2D eigenvalue weighted by Crippen LogP contribution is 2.36. The largest absolute Gasteiger partial charge is 0.497 e. The van der Waals surface area contributed by atoms with Gasteiger partial charge >= 0.3 is 0 Å². The molecule has 5 atom stereocenters. The van der Waals surface area contributed by atoms with Gasteiger partial charge in [0.15, 0.2) is 5.78 Å². The van der Waals surface area contributed by atoms with Crippen molar-refractivity contribution in [3.8, 4) is 17.2 Å². The molecule has 0 aliphatic carbocycles. The number of rotatable bonds is 6. The van der Waals surface area contributed by atoms with Gasteiger partial charge in [-0.05, 0) is 37.3 Å². The van der Waals surface area contributed by atoms with E-state index in [1.807, 2.05) is 0 Å². The molecule has 33 heavy (non-hydrogen) atoms. The van der Waals surface area contributed by atoms with Crippen molar-refractivity contribution >= 4 is 28.3 Å². The molecule has 4 N–H and O–H groups in total. The molecule has 2 heterocycles. The number of halogens is 1. The SMILES string of the molecule is COc1ccc(C(C)=O)c(-n2cc(O[C@H]3O[C@H](CO)[C@H](O)[C@H](O)[C@H]3O)c3ccc(Cl)cc32)c1. The first-order valence-corrected chi connectivity index (χ1v) is 10.6. The van der Waals surface area contributed by atoms with Crippen molar-refractivity contribution in [2.45, 2.75) is 37.6 Å². The van der Waals surface area contributed by atoms with Crippen molar-refractivity contribution in [3.63, 3.8) is 0 Å². The lowest BCUT2D eigenvalue weighted by Crippen LogP contribution is -2.60. The fourth-order valence-electron chi connectivity index (χ4n) is 3.89. The van der Waals surface area contributed by atoms with E-state index in [0.29, 0.717) is 32.9 Å². The number of carbonyl (C=O) groups excluding carboxylic acids is 1. The molecule has 1 fully saturated rings. The molecule has 0 bridgehead atoms. The lowest BCUT2D eigenvalue weighted by atomic mass is 9.99. The number of hydrogen-bond acceptors (Lipinski definition) is 8. The molecule has 176 valence electrons. The van der Waals surface area contributed by atoms with Crippen molar-refractivity contribution in [3.05, 3.63) is 53.2 Å². The molecule has 0 unspecified atom stereocenters. The third-order valence-electron chi connectivity index (χ3n) is 5.67. The monoisotopic (exact) mass is 477 g/mol. The van der Waals surface area contributed by atoms with Crippen LogP contribution in [0.5, 0.6) is 11.5 Å². The highest BCUT2D eigenvalue weighted by Gasteiger charge is 2.45. The summed E-state index contributed by atoms with van der Waals surface area (Å²) in [5.41, 5.74) is 1.57. The second-order valence-corrected chi connectivity index (χ2v) is 8.22. The van der Waals surface area contributed by atoms with Crippen molar-refractivity contribution in [1.29, 1.82) is 0 Å². The van der Waals surface area contributed by atoms with Crippen LogP contribution in [0.3, 0.4) is 0 Å². The summed E-state index contributed by atoms with van der Waals surface area (Å²) in [6.07, 6.45) is -5.53. The molecular weight excluding hydrogens is 454 g/mol. The molecule has 4 rings (SSSR count). The van der Waals surface area contributed by atoms with Crippen molar-refractivity contribution in [1.82, 2.24) is 4.57 Å². The van der Waals surface area contributed by atoms with Crippen LogP contribution in [-0.4, -0.2) is 75.2 Å². The van der Waals surface area contributed by atoms with E-state index in [1.165, 1.54) is 14.0 Å². The van der Waals surface area contributed by atoms with E-state index in [-0.39, 0.29) is 11.5 Å². The Morgan fingerprint density at radius 2 is 1.88 bits per heavy atom. The van der Waals surface area contributed by atoms with Crippen LogP contribution in [0, 0.1) is 0 Å². The van der Waals surface area contributed by atoms with E-state index in [9.17, 15) is 25.2 Å². The van der Waals surface area contributed by atoms with Crippen LogP contribution in [-0.2, 0) is 4.74 Å². The van der Waals surface area contributed by atoms with E-state index < -0.39 is 37.3 Å². The van der Waals surface area contributed by atoms with Crippen molar-refractivity contribution in [2.24, 2.45) is 0 Å². The first kappa shape index (κ1) is 23.5. The molecule has 1 saturated heterocycles. The van der Waals surface area contributed by atoms with Gasteiger partial charge in [-0.25, -0.2) is 0 Å². The fourth-order valence-corrected chi connectivity index (χ4v) is 4.05. The number of ether oxygens (including phenoxy) is 3. The maximum absolute atomic E-state index is 12.3. The first-order chi connectivity index (χ1) is 15.7. The van der Waals surface area contributed by atoms with Gasteiger partial charge in [0, 0.05) is 22.0 Å². The highest BCUT2D eigenvalue weighted by molar-refractivity contribution is 6.31. The lowest BCUT2D eigenvalue weighted by Gasteiger charge is -2.39. The molecule has 0 radical (unpaired) electrons. The number of aliphatic hydroxyl groups is 4. The van der Waals surface area contributed by atoms with E-state index in [0.717, 1.165) is 0 Å². The van der Waals surface area contributed by atoms with Crippen LogP contribution < -0.4 is 9.47 Å². The summed E-state index contributed by atoms with van der Waals surface area (Å²) in [5.74, 6) is 0.645. The van der Waals surface area contributed by atoms with Crippen LogP contribution >= 0.6 is 11.6 Å². The molecule has 1 aliphatic rings. The van der Waals surface area contributed by atoms with Gasteiger partial charge in [-0.15, -0.1) is 0 Å². The minimum atomic E-state index is -1.58. The number of methoxy groups -OCH3 is 1. The number of carbonyl (C=O) groups is 1. The predicted octanol–water partition coefficient (Wildman–Crippen LogP) is 1.67. The zero-order valence-electron chi connectivity index (χ0n) is 17.9. The number of ketones is 1. The Hall–Kier alpha value is -2.66. The van der Waals surface area contributed by atoms with Gasteiger partial charge in [0.1, 0.15) is 35.9 Å². The number of nitrogens with zero attached hydrogens (tertiary/aromatic N) is 1. The number of fused-ring (bicyclic) bond motifs is 1. The number of hydrogen-bond donors (Lipinski definition) is 4. The zero-order chi connectivity index (χ0) is 23.9. The summed E-state index contributed by atoms with van der Waals surface area (Å²) >= 11 is 6.24. The molecule has 10 heteroatoms. The predicted molar refractivity (Wildman–Crippen MR) is 119 cm³/mol. The summed E-state index contributed by atoms with van der Waals surface area (Å²) in [5, 5.41) is 41.0. The fraction of sp³-hybridized carbons (Fsp3) is 0.348. The third kappa shape index (κ3) is 4.31. The van der Waals surface area contributed by atoms with Crippen LogP contribution in [0.2, 0.25) is 5.02 Å². The second kappa shape index (κ2) is 9.30. The van der Waals surface area contributed by atoms with Crippen molar-refractivity contribution < 1.29 is 39.4 Å². The van der Waals surface area contributed by atoms with Crippen LogP contribution in [0.15, 0.2) is 42.6 Å². The molecule has 1 aromatic heterocycles. The molecule has 0 spiro atoms. The van der Waals surface area contributed by atoms with Gasteiger partial charge in [0.25, 0.3) is 0 Å². The Bertz CT molecular complexity index is 1180. The average Bonchev–Trinajstić information content (AvgIpc) is 3.15. The topological polar surface area (TPSA) is 131 Å². The van der Waals surface area contributed by atoms with E-state index in [4.69, 9.17) is 25.8 Å². The Kier molecular flexibility index (Phi) is 6.62. The van der Waals surface area contributed by atoms with Gasteiger partial charge < -0.3 is 39.2 Å². The van der Waals surface area contributed by atoms with Gasteiger partial charge in [0.2, 0.25) is 6.29 Å². The average molecular weight is 478 g/mol. The van der Waals surface area contributed by atoms with Crippen LogP contribution in [0.4, 0.5) is 0 Å². The van der Waals surface area contributed by atoms with Gasteiger partial charge in [-0.1, -0.05) is 11.6 Å². The molecule has 2 aromatic carbocycles. The summed E-state index contributed by atoms with van der Waals surface area (Å²) < 4.78 is 18.4. The molecule has 0 saturated carbocycles.